The molecule has 0 radical (unpaired) electrons. The molecule has 2 aromatic rings. The van der Waals surface area contributed by atoms with Gasteiger partial charge in [-0.05, 0) is 5.56 Å². The van der Waals surface area contributed by atoms with E-state index in [1.807, 2.05) is 66.5 Å². The summed E-state index contributed by atoms with van der Waals surface area (Å²) in [5.74, 6) is -0.200. The monoisotopic (exact) mass is 242 g/mol. The van der Waals surface area contributed by atoms with Gasteiger partial charge in [0.1, 0.15) is 13.7 Å². The van der Waals surface area contributed by atoms with Gasteiger partial charge in [-0.15, -0.1) is 0 Å². The van der Waals surface area contributed by atoms with Crippen LogP contribution < -0.4 is 4.57 Å². The maximum Gasteiger partial charge on any atom is 0.310 e. The van der Waals surface area contributed by atoms with Gasteiger partial charge < -0.3 is 4.74 Å². The number of aromatic nitrogens is 1. The highest BCUT2D eigenvalue weighted by atomic mass is 16.5. The lowest BCUT2D eigenvalue weighted by Gasteiger charge is -2.04. The molecule has 2 rings (SSSR count). The Kier molecular flexibility index (Phi) is 4.07. The summed E-state index contributed by atoms with van der Waals surface area (Å²) in [4.78, 5) is 11.6. The third-order valence-electron chi connectivity index (χ3n) is 2.64. The fourth-order valence-corrected chi connectivity index (χ4v) is 1.61. The van der Waals surface area contributed by atoms with Crippen LogP contribution in [0.5, 0.6) is 0 Å². The summed E-state index contributed by atoms with van der Waals surface area (Å²) in [7, 11) is 1.95. The predicted octanol–water partition coefficient (Wildman–Crippen LogP) is 1.80. The highest BCUT2D eigenvalue weighted by Crippen LogP contribution is 2.03. The first kappa shape index (κ1) is 12.3. The van der Waals surface area contributed by atoms with Crippen LogP contribution in [-0.4, -0.2) is 5.97 Å². The molecule has 0 bridgehead atoms. The second kappa shape index (κ2) is 5.96. The number of esters is 1. The summed E-state index contributed by atoms with van der Waals surface area (Å²) in [6.07, 6.45) is 4.18. The molecule has 92 valence electrons. The zero-order valence-corrected chi connectivity index (χ0v) is 10.4. The Morgan fingerprint density at radius 1 is 1.06 bits per heavy atom. The second-order valence-electron chi connectivity index (χ2n) is 4.19. The van der Waals surface area contributed by atoms with Crippen molar-refractivity contribution in [2.24, 2.45) is 7.05 Å². The van der Waals surface area contributed by atoms with Crippen molar-refractivity contribution < 1.29 is 14.1 Å². The molecule has 0 aliphatic heterocycles. The fourth-order valence-electron chi connectivity index (χ4n) is 1.61. The normalized spacial score (nSPS) is 10.1. The Bertz CT molecular complexity index is 506. The summed E-state index contributed by atoms with van der Waals surface area (Å²) in [6.45, 7) is 0.326. The minimum absolute atomic E-state index is 0.200. The molecule has 0 fully saturated rings. The van der Waals surface area contributed by atoms with Crippen LogP contribution in [0.25, 0.3) is 0 Å². The second-order valence-corrected chi connectivity index (χ2v) is 4.19. The number of pyridine rings is 1. The van der Waals surface area contributed by atoms with E-state index in [2.05, 4.69) is 0 Å². The van der Waals surface area contributed by atoms with Crippen LogP contribution in [0.1, 0.15) is 11.1 Å². The maximum atomic E-state index is 11.6. The van der Waals surface area contributed by atoms with Gasteiger partial charge >= 0.3 is 5.97 Å². The van der Waals surface area contributed by atoms with E-state index in [0.29, 0.717) is 13.0 Å². The SMILES string of the molecule is C[n+]1ccc(COC(=O)Cc2ccccc2)cc1. The van der Waals surface area contributed by atoms with Gasteiger partial charge in [-0.3, -0.25) is 4.79 Å². The van der Waals surface area contributed by atoms with Crippen LogP contribution in [-0.2, 0) is 29.6 Å². The lowest BCUT2D eigenvalue weighted by molar-refractivity contribution is -0.671. The van der Waals surface area contributed by atoms with Gasteiger partial charge in [0.25, 0.3) is 0 Å². The Morgan fingerprint density at radius 2 is 1.72 bits per heavy atom. The Morgan fingerprint density at radius 3 is 2.39 bits per heavy atom. The quantitative estimate of drug-likeness (QED) is 0.604. The van der Waals surface area contributed by atoms with Gasteiger partial charge in [0.05, 0.1) is 6.42 Å². The molecule has 0 aliphatic rings. The Balaban J connectivity index is 1.83. The van der Waals surface area contributed by atoms with Gasteiger partial charge in [0.2, 0.25) is 0 Å². The van der Waals surface area contributed by atoms with E-state index in [4.69, 9.17) is 4.74 Å². The highest BCUT2D eigenvalue weighted by molar-refractivity contribution is 5.72. The van der Waals surface area contributed by atoms with E-state index in [1.54, 1.807) is 0 Å². The van der Waals surface area contributed by atoms with Crippen molar-refractivity contribution in [3.05, 3.63) is 66.0 Å². The molecule has 0 aliphatic carbocycles. The number of carbonyl (C=O) groups excluding carboxylic acids is 1. The van der Waals surface area contributed by atoms with Crippen LogP contribution in [0.2, 0.25) is 0 Å². The van der Waals surface area contributed by atoms with Crippen LogP contribution >= 0.6 is 0 Å². The average Bonchev–Trinajstić information content (AvgIpc) is 2.39. The van der Waals surface area contributed by atoms with Gasteiger partial charge in [-0.25, -0.2) is 4.57 Å². The summed E-state index contributed by atoms with van der Waals surface area (Å²) in [6, 6.07) is 13.5. The molecule has 18 heavy (non-hydrogen) atoms. The first-order chi connectivity index (χ1) is 8.74. The Labute approximate surface area is 107 Å². The summed E-state index contributed by atoms with van der Waals surface area (Å²) >= 11 is 0. The van der Waals surface area contributed by atoms with E-state index in [-0.39, 0.29) is 5.97 Å². The molecule has 0 amide bonds. The van der Waals surface area contributed by atoms with E-state index < -0.39 is 0 Å². The smallest absolute Gasteiger partial charge is 0.310 e. The predicted molar refractivity (Wildman–Crippen MR) is 67.6 cm³/mol. The number of rotatable bonds is 4. The standard InChI is InChI=1S/C15H16NO2/c1-16-9-7-14(8-10-16)12-18-15(17)11-13-5-3-2-4-6-13/h2-10H,11-12H2,1H3/q+1. The van der Waals surface area contributed by atoms with Crippen LogP contribution in [0.15, 0.2) is 54.9 Å². The summed E-state index contributed by atoms with van der Waals surface area (Å²) in [5.41, 5.74) is 1.97. The molecular weight excluding hydrogens is 226 g/mol. The molecule has 0 unspecified atom stereocenters. The molecule has 0 saturated heterocycles. The van der Waals surface area contributed by atoms with Crippen molar-refractivity contribution in [1.82, 2.24) is 0 Å². The molecule has 1 aromatic carbocycles. The van der Waals surface area contributed by atoms with Crippen molar-refractivity contribution in [2.45, 2.75) is 13.0 Å². The van der Waals surface area contributed by atoms with Crippen LogP contribution in [0.3, 0.4) is 0 Å². The first-order valence-electron chi connectivity index (χ1n) is 5.88. The minimum atomic E-state index is -0.200. The zero-order valence-electron chi connectivity index (χ0n) is 10.4. The number of benzene rings is 1. The Hall–Kier alpha value is -2.16. The topological polar surface area (TPSA) is 30.2 Å². The van der Waals surface area contributed by atoms with Gasteiger partial charge in [-0.2, -0.15) is 0 Å². The molecule has 3 heteroatoms. The molecule has 0 atom stereocenters. The number of hydrogen-bond donors (Lipinski definition) is 0. The summed E-state index contributed by atoms with van der Waals surface area (Å²) < 4.78 is 7.16. The van der Waals surface area contributed by atoms with Crippen molar-refractivity contribution in [1.29, 1.82) is 0 Å². The fraction of sp³-hybridized carbons (Fsp3) is 0.200. The minimum Gasteiger partial charge on any atom is -0.461 e. The molecular formula is C15H16NO2+. The zero-order chi connectivity index (χ0) is 12.8. The van der Waals surface area contributed by atoms with E-state index in [9.17, 15) is 4.79 Å². The lowest BCUT2D eigenvalue weighted by atomic mass is 10.2. The maximum absolute atomic E-state index is 11.6. The largest absolute Gasteiger partial charge is 0.461 e. The lowest BCUT2D eigenvalue weighted by Crippen LogP contribution is -2.26. The van der Waals surface area contributed by atoms with Crippen molar-refractivity contribution in [3.63, 3.8) is 0 Å². The molecule has 0 saturated carbocycles. The number of carbonyl (C=O) groups is 1. The first-order valence-corrected chi connectivity index (χ1v) is 5.88. The molecule has 1 heterocycles. The van der Waals surface area contributed by atoms with Crippen molar-refractivity contribution in [2.75, 3.05) is 0 Å². The van der Waals surface area contributed by atoms with E-state index in [0.717, 1.165) is 11.1 Å². The number of aryl methyl sites for hydroxylation is 1. The number of ether oxygens (including phenoxy) is 1. The van der Waals surface area contributed by atoms with Gasteiger partial charge in [-0.1, -0.05) is 30.3 Å². The van der Waals surface area contributed by atoms with Gasteiger partial charge in [0, 0.05) is 17.7 Å². The highest BCUT2D eigenvalue weighted by Gasteiger charge is 2.05. The van der Waals surface area contributed by atoms with E-state index in [1.165, 1.54) is 0 Å². The van der Waals surface area contributed by atoms with Crippen LogP contribution in [0, 0.1) is 0 Å². The molecule has 0 N–H and O–H groups in total. The van der Waals surface area contributed by atoms with Crippen molar-refractivity contribution in [3.8, 4) is 0 Å². The van der Waals surface area contributed by atoms with Crippen LogP contribution in [0.4, 0.5) is 0 Å². The third-order valence-corrected chi connectivity index (χ3v) is 2.64. The number of nitrogens with zero attached hydrogens (tertiary/aromatic N) is 1. The molecule has 0 spiro atoms. The molecule has 1 aromatic heterocycles. The van der Waals surface area contributed by atoms with Crippen molar-refractivity contribution >= 4 is 5.97 Å². The third kappa shape index (κ3) is 3.70. The molecule has 3 nitrogen and oxygen atoms in total. The number of hydrogen-bond acceptors (Lipinski definition) is 2. The average molecular weight is 242 g/mol. The summed E-state index contributed by atoms with van der Waals surface area (Å²) in [5, 5.41) is 0. The van der Waals surface area contributed by atoms with E-state index >= 15 is 0 Å². The van der Waals surface area contributed by atoms with Gasteiger partial charge in [0.15, 0.2) is 12.4 Å².